The fraction of sp³-hybridized carbons (Fsp3) is 0.732. The minimum absolute atomic E-state index is 0.00970. The van der Waals surface area contributed by atoms with Gasteiger partial charge in [-0.1, -0.05) is 92.1 Å². The number of nitrogens with zero attached hydrogens (tertiary/aromatic N) is 3. The Hall–Kier alpha value is -3.55. The molecular formula is C41H69N5O8. The highest BCUT2D eigenvalue weighted by Gasteiger charge is 2.43. The molecule has 1 aliphatic heterocycles. The van der Waals surface area contributed by atoms with Crippen LogP contribution in [0.5, 0.6) is 0 Å². The highest BCUT2D eigenvalue weighted by molar-refractivity contribution is 5.90. The first kappa shape index (κ1) is 46.6. The third-order valence-electron chi connectivity index (χ3n) is 11.3. The van der Waals surface area contributed by atoms with Crippen LogP contribution in [0.15, 0.2) is 30.3 Å². The largest absolute Gasteiger partial charge is 0.480 e. The predicted octanol–water partition coefficient (Wildman–Crippen LogP) is 3.84. The monoisotopic (exact) mass is 760 g/mol. The Kier molecular flexibility index (Phi) is 19.1. The third kappa shape index (κ3) is 12.2. The average molecular weight is 760 g/mol. The Bertz CT molecular complexity index is 1360. The quantitative estimate of drug-likeness (QED) is 0.160. The lowest BCUT2D eigenvalue weighted by atomic mass is 9.89. The molecule has 1 saturated heterocycles. The van der Waals surface area contributed by atoms with E-state index in [4.69, 9.17) is 9.47 Å². The van der Waals surface area contributed by atoms with Crippen molar-refractivity contribution in [2.24, 2.45) is 23.7 Å². The van der Waals surface area contributed by atoms with Crippen molar-refractivity contribution < 1.29 is 38.6 Å². The van der Waals surface area contributed by atoms with Crippen LogP contribution in [0.4, 0.5) is 0 Å². The number of carboxylic acid groups (broad SMARTS) is 1. The van der Waals surface area contributed by atoms with Gasteiger partial charge in [-0.25, -0.2) is 4.79 Å². The molecule has 1 fully saturated rings. The van der Waals surface area contributed by atoms with Gasteiger partial charge in [-0.15, -0.1) is 0 Å². The van der Waals surface area contributed by atoms with Crippen LogP contribution < -0.4 is 10.6 Å². The molecule has 1 aliphatic rings. The van der Waals surface area contributed by atoms with Crippen LogP contribution in [0.2, 0.25) is 0 Å². The van der Waals surface area contributed by atoms with Gasteiger partial charge in [0, 0.05) is 34.2 Å². The number of carbonyl (C=O) groups excluding carboxylic acids is 4. The van der Waals surface area contributed by atoms with E-state index in [1.54, 1.807) is 30.9 Å². The zero-order valence-electron chi connectivity index (χ0n) is 34.8. The number of methoxy groups -OCH3 is 2. The molecule has 13 heteroatoms. The Morgan fingerprint density at radius 3 is 2.04 bits per heavy atom. The van der Waals surface area contributed by atoms with Crippen molar-refractivity contribution >= 4 is 29.6 Å². The molecule has 54 heavy (non-hydrogen) atoms. The lowest BCUT2D eigenvalue weighted by molar-refractivity contribution is -0.148. The van der Waals surface area contributed by atoms with E-state index in [0.29, 0.717) is 25.9 Å². The first-order chi connectivity index (χ1) is 25.4. The Balaban J connectivity index is 2.28. The van der Waals surface area contributed by atoms with Crippen LogP contribution in [0, 0.1) is 23.7 Å². The van der Waals surface area contributed by atoms with Crippen LogP contribution in [-0.2, 0) is 39.9 Å². The topological polar surface area (TPSA) is 158 Å². The minimum Gasteiger partial charge on any atom is -0.480 e. The zero-order valence-corrected chi connectivity index (χ0v) is 34.8. The van der Waals surface area contributed by atoms with E-state index in [9.17, 15) is 29.1 Å². The van der Waals surface area contributed by atoms with E-state index in [0.717, 1.165) is 12.0 Å². The van der Waals surface area contributed by atoms with Crippen molar-refractivity contribution in [3.8, 4) is 0 Å². The molecular weight excluding hydrogens is 690 g/mol. The summed E-state index contributed by atoms with van der Waals surface area (Å²) in [7, 11) is 6.66. The Morgan fingerprint density at radius 1 is 0.907 bits per heavy atom. The number of hydrogen-bond acceptors (Lipinski definition) is 8. The SMILES string of the molecule is CCC(C)[C@@H]([C@@H](CC(=O)N1CCC[C@H]1[C@H](OC)[C@@H](C)C(=O)NC(Cc1ccccc1)C(=O)O)OC)N(C)C(=O)[C@@H](NC(=O)[C@H](C(C)C)N(C)CC)C(C)C. The second-order valence-electron chi connectivity index (χ2n) is 15.7. The molecule has 2 unspecified atom stereocenters. The average Bonchev–Trinajstić information content (AvgIpc) is 3.62. The van der Waals surface area contributed by atoms with Crippen molar-refractivity contribution in [2.75, 3.05) is 41.4 Å². The number of likely N-dealkylation sites (tertiary alicyclic amines) is 1. The van der Waals surface area contributed by atoms with Crippen LogP contribution in [-0.4, -0.2) is 133 Å². The minimum atomic E-state index is -1.14. The van der Waals surface area contributed by atoms with Gasteiger partial charge in [-0.3, -0.25) is 24.1 Å². The highest BCUT2D eigenvalue weighted by Crippen LogP contribution is 2.30. The number of benzene rings is 1. The number of likely N-dealkylation sites (N-methyl/N-ethyl adjacent to an activating group) is 2. The summed E-state index contributed by atoms with van der Waals surface area (Å²) in [6.07, 6.45) is 0.821. The molecule has 0 aromatic heterocycles. The molecule has 13 nitrogen and oxygen atoms in total. The van der Waals surface area contributed by atoms with Crippen molar-refractivity contribution in [2.45, 2.75) is 130 Å². The standard InChI is InChI=1S/C41H69N5O8/c1-13-27(7)36(45(10)40(50)34(25(3)4)43-39(49)35(26(5)6)44(9)14-2)32(53-11)24-33(47)46-22-18-21-31(46)37(54-12)28(8)38(48)42-30(41(51)52)23-29-19-16-15-17-20-29/h15-17,19-20,25-28,30-32,34-37H,13-14,18,21-24H2,1-12H3,(H,42,48)(H,43,49)(H,51,52)/t27?,28-,30?,31+,32-,34+,35+,36+,37-/m1/s1. The molecule has 3 N–H and O–H groups in total. The van der Waals surface area contributed by atoms with Crippen molar-refractivity contribution in [1.29, 1.82) is 0 Å². The molecule has 2 rings (SSSR count). The summed E-state index contributed by atoms with van der Waals surface area (Å²) in [5.74, 6) is -3.18. The number of ether oxygens (including phenoxy) is 2. The summed E-state index contributed by atoms with van der Waals surface area (Å²) in [5.41, 5.74) is 0.786. The molecule has 0 spiro atoms. The molecule has 9 atom stereocenters. The lowest BCUT2D eigenvalue weighted by Crippen LogP contribution is -2.60. The lowest BCUT2D eigenvalue weighted by Gasteiger charge is -2.41. The van der Waals surface area contributed by atoms with Crippen LogP contribution >= 0.6 is 0 Å². The van der Waals surface area contributed by atoms with Gasteiger partial charge in [-0.2, -0.15) is 0 Å². The Labute approximate surface area is 323 Å². The number of carboxylic acids is 1. The van der Waals surface area contributed by atoms with Crippen LogP contribution in [0.3, 0.4) is 0 Å². The van der Waals surface area contributed by atoms with Crippen LogP contribution in [0.1, 0.15) is 86.6 Å². The summed E-state index contributed by atoms with van der Waals surface area (Å²) in [5, 5.41) is 15.6. The van der Waals surface area contributed by atoms with Gasteiger partial charge in [-0.05, 0) is 49.8 Å². The molecule has 0 saturated carbocycles. The fourth-order valence-electron chi connectivity index (χ4n) is 7.84. The number of nitrogens with one attached hydrogen (secondary N) is 2. The second-order valence-corrected chi connectivity index (χ2v) is 15.7. The van der Waals surface area contributed by atoms with Crippen molar-refractivity contribution in [3.63, 3.8) is 0 Å². The number of carbonyl (C=O) groups is 5. The first-order valence-electron chi connectivity index (χ1n) is 19.6. The molecule has 4 amide bonds. The van der Waals surface area contributed by atoms with Gasteiger partial charge in [0.15, 0.2) is 0 Å². The Morgan fingerprint density at radius 2 is 1.54 bits per heavy atom. The van der Waals surface area contributed by atoms with E-state index < -0.39 is 60.2 Å². The maximum atomic E-state index is 14.3. The number of rotatable bonds is 22. The normalized spacial score (nSPS) is 19.1. The molecule has 0 radical (unpaired) electrons. The third-order valence-corrected chi connectivity index (χ3v) is 11.3. The van der Waals surface area contributed by atoms with E-state index in [1.165, 1.54) is 7.11 Å². The maximum absolute atomic E-state index is 14.3. The first-order valence-corrected chi connectivity index (χ1v) is 19.6. The van der Waals surface area contributed by atoms with Crippen molar-refractivity contribution in [1.82, 2.24) is 25.3 Å². The summed E-state index contributed by atoms with van der Waals surface area (Å²) in [6.45, 7) is 16.7. The van der Waals surface area contributed by atoms with E-state index in [-0.39, 0.29) is 48.3 Å². The van der Waals surface area contributed by atoms with E-state index >= 15 is 0 Å². The van der Waals surface area contributed by atoms with Crippen LogP contribution in [0.25, 0.3) is 0 Å². The van der Waals surface area contributed by atoms with E-state index in [2.05, 4.69) is 10.6 Å². The van der Waals surface area contributed by atoms with Gasteiger partial charge < -0.3 is 35.0 Å². The smallest absolute Gasteiger partial charge is 0.326 e. The predicted molar refractivity (Wildman–Crippen MR) is 210 cm³/mol. The molecule has 306 valence electrons. The molecule has 0 aliphatic carbocycles. The summed E-state index contributed by atoms with van der Waals surface area (Å²) in [4.78, 5) is 73.0. The van der Waals surface area contributed by atoms with E-state index in [1.807, 2.05) is 90.7 Å². The molecule has 1 heterocycles. The van der Waals surface area contributed by atoms with Gasteiger partial charge in [0.2, 0.25) is 23.6 Å². The number of aliphatic carboxylic acids is 1. The van der Waals surface area contributed by atoms with Gasteiger partial charge >= 0.3 is 5.97 Å². The molecule has 1 aromatic carbocycles. The van der Waals surface area contributed by atoms with Gasteiger partial charge in [0.1, 0.15) is 12.1 Å². The second kappa shape index (κ2) is 22.1. The fourth-order valence-corrected chi connectivity index (χ4v) is 7.84. The van der Waals surface area contributed by atoms with Gasteiger partial charge in [0.05, 0.1) is 42.7 Å². The highest BCUT2D eigenvalue weighted by atomic mass is 16.5. The molecule has 0 bridgehead atoms. The number of amides is 4. The number of hydrogen-bond donors (Lipinski definition) is 3. The summed E-state index contributed by atoms with van der Waals surface area (Å²) >= 11 is 0. The summed E-state index contributed by atoms with van der Waals surface area (Å²) < 4.78 is 11.9. The van der Waals surface area contributed by atoms with Gasteiger partial charge in [0.25, 0.3) is 0 Å². The zero-order chi connectivity index (χ0) is 40.9. The maximum Gasteiger partial charge on any atom is 0.326 e. The summed E-state index contributed by atoms with van der Waals surface area (Å²) in [6, 6.07) is 5.91. The van der Waals surface area contributed by atoms with Crippen molar-refractivity contribution in [3.05, 3.63) is 35.9 Å². The molecule has 1 aromatic rings.